The van der Waals surface area contributed by atoms with Crippen LogP contribution in [0.4, 0.5) is 5.69 Å². The molecule has 0 radical (unpaired) electrons. The summed E-state index contributed by atoms with van der Waals surface area (Å²) in [5.41, 5.74) is 8.63. The maximum Gasteiger partial charge on any atom is 0.189 e. The van der Waals surface area contributed by atoms with Crippen molar-refractivity contribution in [2.24, 2.45) is 5.73 Å². The number of anilines is 1. The van der Waals surface area contributed by atoms with Gasteiger partial charge in [0.05, 0.1) is 6.20 Å². The van der Waals surface area contributed by atoms with E-state index in [0.717, 1.165) is 30.0 Å². The first kappa shape index (κ1) is 11.7. The van der Waals surface area contributed by atoms with Crippen LogP contribution in [0.5, 0.6) is 0 Å². The smallest absolute Gasteiger partial charge is 0.189 e. The second-order valence-corrected chi connectivity index (χ2v) is 4.00. The third-order valence-electron chi connectivity index (χ3n) is 2.58. The number of aromatic nitrogens is 1. The predicted molar refractivity (Wildman–Crippen MR) is 68.8 cm³/mol. The molecular weight excluding hydrogens is 214 g/mol. The average Bonchev–Trinajstić information content (AvgIpc) is 2.79. The third kappa shape index (κ3) is 2.85. The second kappa shape index (κ2) is 5.50. The van der Waals surface area contributed by atoms with Gasteiger partial charge in [0.2, 0.25) is 0 Å². The Morgan fingerprint density at radius 2 is 2.06 bits per heavy atom. The van der Waals surface area contributed by atoms with Gasteiger partial charge < -0.3 is 15.6 Å². The fourth-order valence-corrected chi connectivity index (χ4v) is 1.60. The van der Waals surface area contributed by atoms with E-state index < -0.39 is 0 Å². The van der Waals surface area contributed by atoms with Crippen molar-refractivity contribution in [2.75, 3.05) is 18.4 Å². The Kier molecular flexibility index (Phi) is 3.77. The molecule has 4 heteroatoms. The van der Waals surface area contributed by atoms with Crippen LogP contribution in [0, 0.1) is 6.92 Å². The number of hydrogen-bond acceptors (Lipinski definition) is 4. The lowest BCUT2D eigenvalue weighted by molar-refractivity contribution is 0.432. The molecule has 0 spiro atoms. The van der Waals surface area contributed by atoms with Gasteiger partial charge >= 0.3 is 0 Å². The van der Waals surface area contributed by atoms with E-state index in [9.17, 15) is 0 Å². The summed E-state index contributed by atoms with van der Waals surface area (Å²) in [6.07, 6.45) is 2.63. The van der Waals surface area contributed by atoms with Crippen LogP contribution in [-0.2, 0) is 0 Å². The van der Waals surface area contributed by atoms with E-state index in [4.69, 9.17) is 10.3 Å². The molecule has 2 rings (SSSR count). The van der Waals surface area contributed by atoms with Gasteiger partial charge in [-0.25, -0.2) is 0 Å². The van der Waals surface area contributed by atoms with Gasteiger partial charge in [0, 0.05) is 12.1 Å². The van der Waals surface area contributed by atoms with Crippen LogP contribution in [0.15, 0.2) is 35.0 Å². The monoisotopic (exact) mass is 231 g/mol. The lowest BCUT2D eigenvalue weighted by Crippen LogP contribution is -2.08. The van der Waals surface area contributed by atoms with E-state index in [1.165, 1.54) is 5.56 Å². The Morgan fingerprint density at radius 1 is 1.29 bits per heavy atom. The molecule has 17 heavy (non-hydrogen) atoms. The Morgan fingerprint density at radius 3 is 2.76 bits per heavy atom. The Balaban J connectivity index is 2.15. The normalized spacial score (nSPS) is 10.5. The summed E-state index contributed by atoms with van der Waals surface area (Å²) in [6, 6.07) is 8.18. The maximum atomic E-state index is 5.45. The number of nitrogens with one attached hydrogen (secondary N) is 1. The van der Waals surface area contributed by atoms with Crippen molar-refractivity contribution in [2.45, 2.75) is 13.3 Å². The molecule has 0 amide bonds. The molecule has 4 nitrogen and oxygen atoms in total. The molecule has 90 valence electrons. The lowest BCUT2D eigenvalue weighted by atomic mass is 10.1. The topological polar surface area (TPSA) is 64.1 Å². The zero-order valence-electron chi connectivity index (χ0n) is 9.94. The highest BCUT2D eigenvalue weighted by atomic mass is 16.5. The number of rotatable bonds is 5. The summed E-state index contributed by atoms with van der Waals surface area (Å²) in [4.78, 5) is 0. The molecule has 0 bridgehead atoms. The van der Waals surface area contributed by atoms with Crippen molar-refractivity contribution in [1.82, 2.24) is 5.16 Å². The molecule has 1 aromatic carbocycles. The van der Waals surface area contributed by atoms with Gasteiger partial charge in [-0.15, -0.1) is 0 Å². The highest BCUT2D eigenvalue weighted by molar-refractivity contribution is 5.71. The van der Waals surface area contributed by atoms with Crippen molar-refractivity contribution in [3.8, 4) is 11.3 Å². The van der Waals surface area contributed by atoms with E-state index in [1.807, 2.05) is 12.1 Å². The zero-order chi connectivity index (χ0) is 12.1. The van der Waals surface area contributed by atoms with Gasteiger partial charge in [0.15, 0.2) is 5.76 Å². The first-order chi connectivity index (χ1) is 8.31. The fourth-order valence-electron chi connectivity index (χ4n) is 1.60. The minimum atomic E-state index is 0.679. The minimum absolute atomic E-state index is 0.679. The van der Waals surface area contributed by atoms with Crippen LogP contribution >= 0.6 is 0 Å². The largest absolute Gasteiger partial charge is 0.381 e. The van der Waals surface area contributed by atoms with E-state index in [0.29, 0.717) is 6.54 Å². The second-order valence-electron chi connectivity index (χ2n) is 4.00. The molecule has 0 saturated carbocycles. The van der Waals surface area contributed by atoms with E-state index in [1.54, 1.807) is 6.20 Å². The van der Waals surface area contributed by atoms with Crippen molar-refractivity contribution >= 4 is 5.69 Å². The molecule has 3 N–H and O–H groups in total. The predicted octanol–water partition coefficient (Wildman–Crippen LogP) is 2.41. The van der Waals surface area contributed by atoms with Crippen LogP contribution < -0.4 is 11.1 Å². The van der Waals surface area contributed by atoms with Crippen LogP contribution in [0.25, 0.3) is 11.3 Å². The van der Waals surface area contributed by atoms with E-state index >= 15 is 0 Å². The molecule has 1 heterocycles. The first-order valence-corrected chi connectivity index (χ1v) is 5.77. The third-order valence-corrected chi connectivity index (χ3v) is 2.58. The van der Waals surface area contributed by atoms with Gasteiger partial charge in [-0.1, -0.05) is 35.0 Å². The van der Waals surface area contributed by atoms with Gasteiger partial charge in [-0.3, -0.25) is 0 Å². The quantitative estimate of drug-likeness (QED) is 0.776. The van der Waals surface area contributed by atoms with E-state index in [2.05, 4.69) is 29.5 Å². The summed E-state index contributed by atoms with van der Waals surface area (Å²) >= 11 is 0. The summed E-state index contributed by atoms with van der Waals surface area (Å²) in [6.45, 7) is 3.57. The summed E-state index contributed by atoms with van der Waals surface area (Å²) in [5.74, 6) is 0.780. The van der Waals surface area contributed by atoms with Gasteiger partial charge in [0.1, 0.15) is 5.69 Å². The number of hydrogen-bond donors (Lipinski definition) is 2. The standard InChI is InChI=1S/C13H17N3O/c1-10-3-5-11(6-4-10)13-12(9-16-17-13)15-8-2-7-14/h3-6,9,15H,2,7-8,14H2,1H3. The molecule has 0 aliphatic heterocycles. The minimum Gasteiger partial charge on any atom is -0.381 e. The number of aryl methyl sites for hydroxylation is 1. The Bertz CT molecular complexity index is 462. The van der Waals surface area contributed by atoms with Crippen LogP contribution in [0.1, 0.15) is 12.0 Å². The van der Waals surface area contributed by atoms with Crippen LogP contribution in [0.3, 0.4) is 0 Å². The van der Waals surface area contributed by atoms with Crippen molar-refractivity contribution in [3.05, 3.63) is 36.0 Å². The number of nitrogens with zero attached hydrogens (tertiary/aromatic N) is 1. The molecule has 1 aromatic heterocycles. The molecule has 0 fully saturated rings. The van der Waals surface area contributed by atoms with Crippen molar-refractivity contribution in [3.63, 3.8) is 0 Å². The molecule has 0 saturated heterocycles. The molecule has 0 aliphatic carbocycles. The Labute approximate surface area is 101 Å². The summed E-state index contributed by atoms with van der Waals surface area (Å²) in [5, 5.41) is 7.10. The van der Waals surface area contributed by atoms with Crippen molar-refractivity contribution < 1.29 is 4.52 Å². The maximum absolute atomic E-state index is 5.45. The first-order valence-electron chi connectivity index (χ1n) is 5.77. The van der Waals surface area contributed by atoms with E-state index in [-0.39, 0.29) is 0 Å². The lowest BCUT2D eigenvalue weighted by Gasteiger charge is -2.04. The van der Waals surface area contributed by atoms with Gasteiger partial charge in [-0.05, 0) is 19.9 Å². The molecule has 0 unspecified atom stereocenters. The highest BCUT2D eigenvalue weighted by Crippen LogP contribution is 2.27. The average molecular weight is 231 g/mol. The Hall–Kier alpha value is -1.81. The summed E-state index contributed by atoms with van der Waals surface area (Å²) < 4.78 is 5.28. The number of benzene rings is 1. The van der Waals surface area contributed by atoms with Crippen LogP contribution in [-0.4, -0.2) is 18.2 Å². The summed E-state index contributed by atoms with van der Waals surface area (Å²) in [7, 11) is 0. The fraction of sp³-hybridized carbons (Fsp3) is 0.308. The molecule has 0 aliphatic rings. The van der Waals surface area contributed by atoms with Crippen LogP contribution in [0.2, 0.25) is 0 Å². The zero-order valence-corrected chi connectivity index (χ0v) is 9.94. The molecule has 2 aromatic rings. The molecule has 0 atom stereocenters. The van der Waals surface area contributed by atoms with Gasteiger partial charge in [0.25, 0.3) is 0 Å². The number of nitrogens with two attached hydrogens (primary N) is 1. The highest BCUT2D eigenvalue weighted by Gasteiger charge is 2.09. The van der Waals surface area contributed by atoms with Gasteiger partial charge in [-0.2, -0.15) is 0 Å². The SMILES string of the molecule is Cc1ccc(-c2oncc2NCCCN)cc1. The molecular formula is C13H17N3O. The van der Waals surface area contributed by atoms with Crippen molar-refractivity contribution in [1.29, 1.82) is 0 Å².